The van der Waals surface area contributed by atoms with E-state index in [2.05, 4.69) is 10.0 Å². The Labute approximate surface area is 186 Å². The van der Waals surface area contributed by atoms with Crippen LogP contribution in [0.2, 0.25) is 0 Å². The minimum Gasteiger partial charge on any atom is -0.496 e. The van der Waals surface area contributed by atoms with Gasteiger partial charge in [-0.25, -0.2) is 18.1 Å². The maximum absolute atomic E-state index is 12.4. The van der Waals surface area contributed by atoms with Gasteiger partial charge in [-0.1, -0.05) is 42.5 Å². The molecule has 0 spiro atoms. The van der Waals surface area contributed by atoms with Gasteiger partial charge in [0.05, 0.1) is 19.4 Å². The molecular weight excluding hydrogens is 412 g/mol. The summed E-state index contributed by atoms with van der Waals surface area (Å²) in [5.74, 6) is 1.51. The number of hydrogen-bond donors (Lipinski definition) is 2. The summed E-state index contributed by atoms with van der Waals surface area (Å²) >= 11 is 0. The van der Waals surface area contributed by atoms with Crippen LogP contribution in [0.15, 0.2) is 53.5 Å². The molecule has 0 radical (unpaired) electrons. The lowest BCUT2D eigenvalue weighted by molar-refractivity contribution is 0.396. The van der Waals surface area contributed by atoms with E-state index < -0.39 is 10.0 Å². The molecule has 0 unspecified atom stereocenters. The number of methoxy groups -OCH3 is 1. The predicted octanol–water partition coefficient (Wildman–Crippen LogP) is 3.12. The van der Waals surface area contributed by atoms with E-state index >= 15 is 0 Å². The fourth-order valence-electron chi connectivity index (χ4n) is 3.25. The second kappa shape index (κ2) is 11.7. The quantitative estimate of drug-likeness (QED) is 0.433. The molecule has 170 valence electrons. The van der Waals surface area contributed by atoms with Crippen LogP contribution < -0.4 is 14.8 Å². The number of guanidine groups is 1. The van der Waals surface area contributed by atoms with Gasteiger partial charge in [0.15, 0.2) is 5.96 Å². The van der Waals surface area contributed by atoms with E-state index in [0.717, 1.165) is 34.9 Å². The zero-order valence-corrected chi connectivity index (χ0v) is 19.9. The molecule has 0 saturated carbocycles. The highest BCUT2D eigenvalue weighted by atomic mass is 32.2. The highest BCUT2D eigenvalue weighted by Gasteiger charge is 2.16. The molecule has 0 aliphatic carbocycles. The standard InChI is InChI=1S/C23H34N4O3S/c1-6-24-23(27(4)16-20-12-9-10-14-22(20)30-5)25-15-19-11-7-8-13-21(19)17-31(28,29)26-18(2)3/h7-14,18,26H,6,15-17H2,1-5H3,(H,24,25). The van der Waals surface area contributed by atoms with Gasteiger partial charge in [0.25, 0.3) is 0 Å². The molecule has 2 aromatic rings. The molecule has 0 atom stereocenters. The molecule has 0 aliphatic heterocycles. The lowest BCUT2D eigenvalue weighted by atomic mass is 10.1. The SMILES string of the molecule is CCNC(=NCc1ccccc1CS(=O)(=O)NC(C)C)N(C)Cc1ccccc1OC. The topological polar surface area (TPSA) is 83.0 Å². The van der Waals surface area contributed by atoms with Gasteiger partial charge in [-0.3, -0.25) is 0 Å². The highest BCUT2D eigenvalue weighted by molar-refractivity contribution is 7.88. The van der Waals surface area contributed by atoms with Gasteiger partial charge in [0, 0.05) is 31.7 Å². The smallest absolute Gasteiger partial charge is 0.216 e. The van der Waals surface area contributed by atoms with Crippen LogP contribution in [0.5, 0.6) is 5.75 Å². The molecule has 0 aliphatic rings. The minimum atomic E-state index is -3.41. The fraction of sp³-hybridized carbons (Fsp3) is 0.435. The lowest BCUT2D eigenvalue weighted by Crippen LogP contribution is -2.38. The van der Waals surface area contributed by atoms with Crippen LogP contribution in [-0.4, -0.2) is 46.0 Å². The molecule has 2 aromatic carbocycles. The Morgan fingerprint density at radius 2 is 1.68 bits per heavy atom. The first-order valence-corrected chi connectivity index (χ1v) is 12.1. The molecule has 0 fully saturated rings. The normalized spacial score (nSPS) is 12.1. The van der Waals surface area contributed by atoms with Crippen molar-refractivity contribution in [3.63, 3.8) is 0 Å². The molecule has 2 N–H and O–H groups in total. The Hall–Kier alpha value is -2.58. The third-order valence-electron chi connectivity index (χ3n) is 4.57. The van der Waals surface area contributed by atoms with Crippen molar-refractivity contribution in [1.29, 1.82) is 0 Å². The molecule has 2 rings (SSSR count). The van der Waals surface area contributed by atoms with Crippen molar-refractivity contribution in [2.75, 3.05) is 20.7 Å². The number of ether oxygens (including phenoxy) is 1. The number of benzene rings is 2. The number of nitrogens with zero attached hydrogens (tertiary/aromatic N) is 2. The van der Waals surface area contributed by atoms with Crippen molar-refractivity contribution in [2.24, 2.45) is 4.99 Å². The molecule has 0 heterocycles. The summed E-state index contributed by atoms with van der Waals surface area (Å²) in [4.78, 5) is 6.79. The number of rotatable bonds is 10. The summed E-state index contributed by atoms with van der Waals surface area (Å²) < 4.78 is 32.9. The fourth-order valence-corrected chi connectivity index (χ4v) is 4.74. The third-order valence-corrected chi connectivity index (χ3v) is 6.10. The molecule has 0 bridgehead atoms. The van der Waals surface area contributed by atoms with Gasteiger partial charge >= 0.3 is 0 Å². The van der Waals surface area contributed by atoms with Gasteiger partial charge in [-0.05, 0) is 38.0 Å². The largest absolute Gasteiger partial charge is 0.496 e. The van der Waals surface area contributed by atoms with Crippen LogP contribution in [0.25, 0.3) is 0 Å². The number of sulfonamides is 1. The van der Waals surface area contributed by atoms with E-state index in [4.69, 9.17) is 9.73 Å². The maximum atomic E-state index is 12.4. The van der Waals surface area contributed by atoms with Gasteiger partial charge in [0.2, 0.25) is 10.0 Å². The number of aliphatic imine (C=N–C) groups is 1. The van der Waals surface area contributed by atoms with E-state index in [1.54, 1.807) is 7.11 Å². The van der Waals surface area contributed by atoms with E-state index in [-0.39, 0.29) is 11.8 Å². The van der Waals surface area contributed by atoms with Crippen molar-refractivity contribution >= 4 is 16.0 Å². The minimum absolute atomic E-state index is 0.0650. The maximum Gasteiger partial charge on any atom is 0.216 e. The van der Waals surface area contributed by atoms with Crippen LogP contribution >= 0.6 is 0 Å². The van der Waals surface area contributed by atoms with Gasteiger partial charge in [0.1, 0.15) is 5.75 Å². The van der Waals surface area contributed by atoms with Crippen molar-refractivity contribution in [3.8, 4) is 5.75 Å². The summed E-state index contributed by atoms with van der Waals surface area (Å²) in [6.45, 7) is 7.38. The zero-order valence-electron chi connectivity index (χ0n) is 19.1. The molecule has 31 heavy (non-hydrogen) atoms. The van der Waals surface area contributed by atoms with E-state index in [1.807, 2.05) is 81.2 Å². The Morgan fingerprint density at radius 3 is 2.29 bits per heavy atom. The Bertz CT molecular complexity index is 974. The molecule has 0 amide bonds. The zero-order chi connectivity index (χ0) is 22.9. The Balaban J connectivity index is 2.20. The van der Waals surface area contributed by atoms with Crippen molar-refractivity contribution < 1.29 is 13.2 Å². The summed E-state index contributed by atoms with van der Waals surface area (Å²) in [6.07, 6.45) is 0. The average molecular weight is 447 g/mol. The van der Waals surface area contributed by atoms with Crippen LogP contribution in [0, 0.1) is 0 Å². The molecular formula is C23H34N4O3S. The highest BCUT2D eigenvalue weighted by Crippen LogP contribution is 2.19. The number of hydrogen-bond acceptors (Lipinski definition) is 4. The van der Waals surface area contributed by atoms with E-state index in [1.165, 1.54) is 0 Å². The lowest BCUT2D eigenvalue weighted by Gasteiger charge is -2.23. The first-order valence-electron chi connectivity index (χ1n) is 10.4. The monoisotopic (exact) mass is 446 g/mol. The van der Waals surface area contributed by atoms with Crippen LogP contribution in [-0.2, 0) is 28.9 Å². The summed E-state index contributed by atoms with van der Waals surface area (Å²) in [6, 6.07) is 15.3. The predicted molar refractivity (Wildman–Crippen MR) is 127 cm³/mol. The first kappa shape index (κ1) is 24.7. The van der Waals surface area contributed by atoms with Crippen molar-refractivity contribution in [3.05, 3.63) is 65.2 Å². The van der Waals surface area contributed by atoms with Gasteiger partial charge < -0.3 is 15.0 Å². The van der Waals surface area contributed by atoms with Crippen LogP contribution in [0.4, 0.5) is 0 Å². The second-order valence-corrected chi connectivity index (χ2v) is 9.39. The number of nitrogens with one attached hydrogen (secondary N) is 2. The average Bonchev–Trinajstić information content (AvgIpc) is 2.71. The van der Waals surface area contributed by atoms with Gasteiger partial charge in [-0.2, -0.15) is 0 Å². The molecule has 8 heteroatoms. The van der Waals surface area contributed by atoms with Crippen LogP contribution in [0.1, 0.15) is 37.5 Å². The third kappa shape index (κ3) is 7.88. The van der Waals surface area contributed by atoms with Crippen molar-refractivity contribution in [2.45, 2.75) is 45.7 Å². The summed E-state index contributed by atoms with van der Waals surface area (Å²) in [5, 5.41) is 3.31. The van der Waals surface area contributed by atoms with Crippen LogP contribution in [0.3, 0.4) is 0 Å². The summed E-state index contributed by atoms with van der Waals surface area (Å²) in [5.41, 5.74) is 2.70. The molecule has 7 nitrogen and oxygen atoms in total. The molecule has 0 saturated heterocycles. The van der Waals surface area contributed by atoms with E-state index in [0.29, 0.717) is 13.1 Å². The van der Waals surface area contributed by atoms with Crippen molar-refractivity contribution in [1.82, 2.24) is 14.9 Å². The second-order valence-electron chi connectivity index (χ2n) is 7.64. The van der Waals surface area contributed by atoms with Gasteiger partial charge in [-0.15, -0.1) is 0 Å². The van der Waals surface area contributed by atoms with E-state index in [9.17, 15) is 8.42 Å². The number of para-hydroxylation sites is 1. The molecule has 0 aromatic heterocycles. The Kier molecular flexibility index (Phi) is 9.33. The summed E-state index contributed by atoms with van der Waals surface area (Å²) in [7, 11) is 0.225. The first-order chi connectivity index (χ1) is 14.8. The Morgan fingerprint density at radius 1 is 1.06 bits per heavy atom.